The Labute approximate surface area is 155 Å². The highest BCUT2D eigenvalue weighted by atomic mass is 16.2. The van der Waals surface area contributed by atoms with Crippen molar-refractivity contribution in [2.75, 3.05) is 19.4 Å². The van der Waals surface area contributed by atoms with Gasteiger partial charge in [-0.25, -0.2) is 0 Å². The summed E-state index contributed by atoms with van der Waals surface area (Å²) in [5, 5.41) is 3.60. The van der Waals surface area contributed by atoms with Gasteiger partial charge in [0.2, 0.25) is 0 Å². The van der Waals surface area contributed by atoms with Crippen molar-refractivity contribution in [1.82, 2.24) is 4.90 Å². The van der Waals surface area contributed by atoms with Crippen LogP contribution in [0.5, 0.6) is 0 Å². The number of carbonyl (C=O) groups excluding carboxylic acids is 1. The zero-order valence-corrected chi connectivity index (χ0v) is 15.2. The fourth-order valence-corrected chi connectivity index (χ4v) is 3.01. The summed E-state index contributed by atoms with van der Waals surface area (Å²) in [6, 6.07) is 28.5. The molecule has 0 radical (unpaired) electrons. The number of para-hydroxylation sites is 1. The Hall–Kier alpha value is -3.07. The van der Waals surface area contributed by atoms with Gasteiger partial charge in [-0.2, -0.15) is 0 Å². The number of amides is 1. The van der Waals surface area contributed by atoms with Crippen molar-refractivity contribution in [3.8, 4) is 0 Å². The third kappa shape index (κ3) is 4.31. The molecule has 0 aromatic heterocycles. The fraction of sp³-hybridized carbons (Fsp3) is 0.174. The molecular formula is C23H24N2O. The molecule has 1 unspecified atom stereocenters. The van der Waals surface area contributed by atoms with Gasteiger partial charge in [0.25, 0.3) is 5.91 Å². The maximum atomic E-state index is 12.5. The summed E-state index contributed by atoms with van der Waals surface area (Å²) in [6.07, 6.45) is 0.843. The van der Waals surface area contributed by atoms with E-state index < -0.39 is 0 Å². The molecule has 26 heavy (non-hydrogen) atoms. The molecule has 0 aliphatic rings. The zero-order chi connectivity index (χ0) is 18.4. The Morgan fingerprint density at radius 1 is 0.846 bits per heavy atom. The maximum absolute atomic E-state index is 12.5. The van der Waals surface area contributed by atoms with E-state index in [1.807, 2.05) is 48.5 Å². The van der Waals surface area contributed by atoms with Crippen molar-refractivity contribution in [1.29, 1.82) is 0 Å². The minimum atomic E-state index is -0.000349. The standard InChI is InChI=1S/C23H24N2O/c1-25(2)23(26)20-15-9-10-16-21(20)24-22(19-13-7-4-8-14-19)17-18-11-5-3-6-12-18/h3-16,22,24H,17H2,1-2H3. The number of hydrogen-bond donors (Lipinski definition) is 1. The van der Waals surface area contributed by atoms with E-state index in [-0.39, 0.29) is 11.9 Å². The van der Waals surface area contributed by atoms with Crippen LogP contribution in [0.4, 0.5) is 5.69 Å². The Morgan fingerprint density at radius 2 is 1.42 bits per heavy atom. The quantitative estimate of drug-likeness (QED) is 0.698. The molecule has 132 valence electrons. The first-order chi connectivity index (χ1) is 12.6. The molecular weight excluding hydrogens is 320 g/mol. The molecule has 0 saturated heterocycles. The van der Waals surface area contributed by atoms with Crippen molar-refractivity contribution >= 4 is 11.6 Å². The smallest absolute Gasteiger partial charge is 0.255 e. The lowest BCUT2D eigenvalue weighted by molar-refractivity contribution is 0.0828. The number of hydrogen-bond acceptors (Lipinski definition) is 2. The molecule has 0 fully saturated rings. The normalized spacial score (nSPS) is 11.6. The molecule has 0 bridgehead atoms. The Kier molecular flexibility index (Phi) is 5.69. The van der Waals surface area contributed by atoms with Crippen molar-refractivity contribution in [2.45, 2.75) is 12.5 Å². The maximum Gasteiger partial charge on any atom is 0.255 e. The molecule has 1 atom stereocenters. The van der Waals surface area contributed by atoms with Crippen LogP contribution < -0.4 is 5.32 Å². The van der Waals surface area contributed by atoms with E-state index in [9.17, 15) is 4.79 Å². The highest BCUT2D eigenvalue weighted by Gasteiger charge is 2.17. The molecule has 0 heterocycles. The Bertz CT molecular complexity index is 844. The summed E-state index contributed by atoms with van der Waals surface area (Å²) in [7, 11) is 3.55. The zero-order valence-electron chi connectivity index (χ0n) is 15.2. The van der Waals surface area contributed by atoms with Gasteiger partial charge in [0.05, 0.1) is 11.6 Å². The fourth-order valence-electron chi connectivity index (χ4n) is 3.01. The summed E-state index contributed by atoms with van der Waals surface area (Å²) in [5.74, 6) is -0.000349. The average Bonchev–Trinajstić information content (AvgIpc) is 2.69. The second kappa shape index (κ2) is 8.34. The van der Waals surface area contributed by atoms with Gasteiger partial charge < -0.3 is 10.2 Å². The molecule has 3 rings (SSSR count). The molecule has 3 nitrogen and oxygen atoms in total. The number of nitrogens with one attached hydrogen (secondary N) is 1. The number of nitrogens with zero attached hydrogens (tertiary/aromatic N) is 1. The van der Waals surface area contributed by atoms with Crippen LogP contribution in [0.15, 0.2) is 84.9 Å². The molecule has 0 aliphatic carbocycles. The summed E-state index contributed by atoms with van der Waals surface area (Å²) in [6.45, 7) is 0. The van der Waals surface area contributed by atoms with E-state index in [4.69, 9.17) is 0 Å². The van der Waals surface area contributed by atoms with Crippen LogP contribution in [-0.2, 0) is 6.42 Å². The lowest BCUT2D eigenvalue weighted by Gasteiger charge is -2.23. The lowest BCUT2D eigenvalue weighted by atomic mass is 9.98. The highest BCUT2D eigenvalue weighted by molar-refractivity contribution is 5.99. The van der Waals surface area contributed by atoms with E-state index in [2.05, 4.69) is 41.7 Å². The Balaban J connectivity index is 1.93. The predicted molar refractivity (Wildman–Crippen MR) is 107 cm³/mol. The monoisotopic (exact) mass is 344 g/mol. The van der Waals surface area contributed by atoms with E-state index in [0.29, 0.717) is 5.56 Å². The molecule has 0 saturated carbocycles. The van der Waals surface area contributed by atoms with Crippen LogP contribution in [0.3, 0.4) is 0 Å². The van der Waals surface area contributed by atoms with Crippen LogP contribution in [-0.4, -0.2) is 24.9 Å². The number of anilines is 1. The third-order valence-corrected chi connectivity index (χ3v) is 4.38. The van der Waals surface area contributed by atoms with Gasteiger partial charge in [-0.1, -0.05) is 72.8 Å². The summed E-state index contributed by atoms with van der Waals surface area (Å²) >= 11 is 0. The second-order valence-electron chi connectivity index (χ2n) is 6.54. The van der Waals surface area contributed by atoms with Crippen LogP contribution in [0.25, 0.3) is 0 Å². The molecule has 0 spiro atoms. The number of rotatable bonds is 6. The van der Waals surface area contributed by atoms with Gasteiger partial charge in [0.15, 0.2) is 0 Å². The molecule has 3 aromatic carbocycles. The van der Waals surface area contributed by atoms with Gasteiger partial charge in [0, 0.05) is 19.8 Å². The number of benzene rings is 3. The molecule has 3 aromatic rings. The molecule has 1 N–H and O–H groups in total. The minimum Gasteiger partial charge on any atom is -0.377 e. The summed E-state index contributed by atoms with van der Waals surface area (Å²) in [5.41, 5.74) is 4.00. The molecule has 1 amide bonds. The van der Waals surface area contributed by atoms with Gasteiger partial charge in [-0.15, -0.1) is 0 Å². The summed E-state index contributed by atoms with van der Waals surface area (Å²) in [4.78, 5) is 14.1. The first-order valence-corrected chi connectivity index (χ1v) is 8.81. The van der Waals surface area contributed by atoms with E-state index in [1.165, 1.54) is 11.1 Å². The molecule has 0 aliphatic heterocycles. The van der Waals surface area contributed by atoms with Crippen LogP contribution >= 0.6 is 0 Å². The first kappa shape index (κ1) is 17.7. The summed E-state index contributed by atoms with van der Waals surface area (Å²) < 4.78 is 0. The largest absolute Gasteiger partial charge is 0.377 e. The van der Waals surface area contributed by atoms with Gasteiger partial charge in [0.1, 0.15) is 0 Å². The van der Waals surface area contributed by atoms with Crippen LogP contribution in [0.1, 0.15) is 27.5 Å². The third-order valence-electron chi connectivity index (χ3n) is 4.38. The van der Waals surface area contributed by atoms with E-state index in [1.54, 1.807) is 19.0 Å². The van der Waals surface area contributed by atoms with Crippen molar-refractivity contribution < 1.29 is 4.79 Å². The lowest BCUT2D eigenvalue weighted by Crippen LogP contribution is -2.24. The Morgan fingerprint density at radius 3 is 2.08 bits per heavy atom. The SMILES string of the molecule is CN(C)C(=O)c1ccccc1NC(Cc1ccccc1)c1ccccc1. The minimum absolute atomic E-state index is 0.000349. The topological polar surface area (TPSA) is 32.3 Å². The average molecular weight is 344 g/mol. The highest BCUT2D eigenvalue weighted by Crippen LogP contribution is 2.26. The molecule has 3 heteroatoms. The van der Waals surface area contributed by atoms with Gasteiger partial charge >= 0.3 is 0 Å². The van der Waals surface area contributed by atoms with Crippen molar-refractivity contribution in [2.24, 2.45) is 0 Å². The van der Waals surface area contributed by atoms with Crippen molar-refractivity contribution in [3.05, 3.63) is 102 Å². The van der Waals surface area contributed by atoms with Gasteiger partial charge in [-0.3, -0.25) is 4.79 Å². The first-order valence-electron chi connectivity index (χ1n) is 8.81. The van der Waals surface area contributed by atoms with E-state index in [0.717, 1.165) is 12.1 Å². The van der Waals surface area contributed by atoms with Crippen molar-refractivity contribution in [3.63, 3.8) is 0 Å². The van der Waals surface area contributed by atoms with Crippen LogP contribution in [0.2, 0.25) is 0 Å². The van der Waals surface area contributed by atoms with Crippen LogP contribution in [0, 0.1) is 0 Å². The number of carbonyl (C=O) groups is 1. The van der Waals surface area contributed by atoms with E-state index >= 15 is 0 Å². The van der Waals surface area contributed by atoms with Gasteiger partial charge in [-0.05, 0) is 29.7 Å². The second-order valence-corrected chi connectivity index (χ2v) is 6.54. The predicted octanol–water partition coefficient (Wildman–Crippen LogP) is 4.78.